The maximum Gasteiger partial charge on any atom is 0.0981 e. The molecule has 0 spiro atoms. The van der Waals surface area contributed by atoms with Crippen molar-refractivity contribution in [2.24, 2.45) is 0 Å². The van der Waals surface area contributed by atoms with Gasteiger partial charge in [-0.1, -0.05) is 13.3 Å². The number of rotatable bonds is 4. The fraction of sp³-hybridized carbons (Fsp3) is 0.900. The van der Waals surface area contributed by atoms with Crippen molar-refractivity contribution >= 4 is 0 Å². The topological polar surface area (TPSA) is 67.5 Å². The van der Waals surface area contributed by atoms with Crippen molar-refractivity contribution in [1.82, 2.24) is 4.90 Å². The second kappa shape index (κ2) is 5.30. The predicted octanol–water partition coefficient (Wildman–Crippen LogP) is 0.106. The lowest BCUT2D eigenvalue weighted by molar-refractivity contribution is 0.130. The zero-order valence-electron chi connectivity index (χ0n) is 8.56. The molecule has 1 aliphatic heterocycles. The first-order valence-electron chi connectivity index (χ1n) is 5.17. The van der Waals surface area contributed by atoms with Crippen LogP contribution in [-0.4, -0.2) is 46.5 Å². The minimum atomic E-state index is -0.389. The third-order valence-electron chi connectivity index (χ3n) is 2.76. The molecule has 1 rings (SSSR count). The van der Waals surface area contributed by atoms with Gasteiger partial charge in [-0.2, -0.15) is 5.26 Å². The number of hydrogen-bond acceptors (Lipinski definition) is 4. The van der Waals surface area contributed by atoms with Gasteiger partial charge in [0, 0.05) is 12.6 Å². The van der Waals surface area contributed by atoms with Gasteiger partial charge < -0.3 is 10.2 Å². The molecule has 0 unspecified atom stereocenters. The molecule has 0 aromatic heterocycles. The number of aliphatic hydroxyl groups excluding tert-OH is 2. The van der Waals surface area contributed by atoms with Gasteiger partial charge in [0.15, 0.2) is 0 Å². The van der Waals surface area contributed by atoms with E-state index in [-0.39, 0.29) is 24.8 Å². The van der Waals surface area contributed by atoms with Gasteiger partial charge in [-0.05, 0) is 12.8 Å². The standard InChI is InChI=1S/C10H18N2O2/c1-2-3-8(5-11)12-6-10(14)4-9(12)7-13/h8-10,13-14H,2-4,6-7H2,1H3/t8-,9-,10+/m0/s1. The molecule has 0 aliphatic carbocycles. The van der Waals surface area contributed by atoms with Crippen molar-refractivity contribution in [2.45, 2.75) is 44.4 Å². The smallest absolute Gasteiger partial charge is 0.0981 e. The van der Waals surface area contributed by atoms with Crippen LogP contribution in [0.25, 0.3) is 0 Å². The number of hydrogen-bond donors (Lipinski definition) is 2. The van der Waals surface area contributed by atoms with Crippen LogP contribution < -0.4 is 0 Å². The SMILES string of the molecule is CCC[C@@H](C#N)N1C[C@H](O)C[C@H]1CO. The molecule has 0 amide bonds. The van der Waals surface area contributed by atoms with E-state index in [0.717, 1.165) is 12.8 Å². The molecular weight excluding hydrogens is 180 g/mol. The summed E-state index contributed by atoms with van der Waals surface area (Å²) in [6, 6.07) is 2.03. The summed E-state index contributed by atoms with van der Waals surface area (Å²) in [6.45, 7) is 2.58. The van der Waals surface area contributed by atoms with Crippen LogP contribution in [0.4, 0.5) is 0 Å². The van der Waals surface area contributed by atoms with Crippen molar-refractivity contribution in [3.05, 3.63) is 0 Å². The Morgan fingerprint density at radius 1 is 1.64 bits per heavy atom. The summed E-state index contributed by atoms with van der Waals surface area (Å²) in [5.74, 6) is 0. The number of aliphatic hydroxyl groups is 2. The molecule has 0 aromatic rings. The quantitative estimate of drug-likeness (QED) is 0.672. The third-order valence-corrected chi connectivity index (χ3v) is 2.76. The van der Waals surface area contributed by atoms with Crippen molar-refractivity contribution in [3.63, 3.8) is 0 Å². The minimum absolute atomic E-state index is 0.0267. The monoisotopic (exact) mass is 198 g/mol. The van der Waals surface area contributed by atoms with Gasteiger partial charge in [0.1, 0.15) is 0 Å². The molecule has 4 heteroatoms. The molecule has 2 N–H and O–H groups in total. The first kappa shape index (κ1) is 11.4. The first-order chi connectivity index (χ1) is 6.72. The van der Waals surface area contributed by atoms with E-state index in [1.165, 1.54) is 0 Å². The van der Waals surface area contributed by atoms with Gasteiger partial charge >= 0.3 is 0 Å². The van der Waals surface area contributed by atoms with Gasteiger partial charge in [-0.3, -0.25) is 4.90 Å². The van der Waals surface area contributed by atoms with Gasteiger partial charge in [-0.15, -0.1) is 0 Å². The molecule has 0 bridgehead atoms. The summed E-state index contributed by atoms with van der Waals surface area (Å²) in [5.41, 5.74) is 0. The Kier molecular flexibility index (Phi) is 4.33. The Bertz CT molecular complexity index is 215. The molecule has 80 valence electrons. The molecule has 14 heavy (non-hydrogen) atoms. The molecule has 1 heterocycles. The highest BCUT2D eigenvalue weighted by molar-refractivity contribution is 4.98. The molecule has 0 radical (unpaired) electrons. The molecule has 1 aliphatic rings. The molecule has 1 saturated heterocycles. The molecule has 4 nitrogen and oxygen atoms in total. The Labute approximate surface area is 84.8 Å². The van der Waals surface area contributed by atoms with Crippen LogP contribution in [0.1, 0.15) is 26.2 Å². The Hall–Kier alpha value is -0.630. The summed E-state index contributed by atoms with van der Waals surface area (Å²) in [6.07, 6.45) is 1.95. The molecule has 0 aromatic carbocycles. The lowest BCUT2D eigenvalue weighted by Gasteiger charge is -2.26. The second-order valence-corrected chi connectivity index (χ2v) is 3.86. The van der Waals surface area contributed by atoms with Crippen LogP contribution in [0.5, 0.6) is 0 Å². The fourth-order valence-corrected chi connectivity index (χ4v) is 2.06. The first-order valence-corrected chi connectivity index (χ1v) is 5.17. The van der Waals surface area contributed by atoms with E-state index in [1.807, 2.05) is 11.8 Å². The highest BCUT2D eigenvalue weighted by Crippen LogP contribution is 2.22. The van der Waals surface area contributed by atoms with Crippen molar-refractivity contribution in [1.29, 1.82) is 5.26 Å². The summed E-state index contributed by atoms with van der Waals surface area (Å²) in [7, 11) is 0. The molecule has 3 atom stereocenters. The molecule has 0 saturated carbocycles. The van der Waals surface area contributed by atoms with Crippen molar-refractivity contribution in [3.8, 4) is 6.07 Å². The molecular formula is C10H18N2O2. The average Bonchev–Trinajstić information content (AvgIpc) is 2.55. The van der Waals surface area contributed by atoms with Gasteiger partial charge in [0.05, 0.1) is 24.8 Å². The zero-order valence-corrected chi connectivity index (χ0v) is 8.56. The maximum absolute atomic E-state index is 9.45. The number of β-amino-alcohol motifs (C(OH)–C–C–N with tert-alkyl or cyclic N) is 1. The van der Waals surface area contributed by atoms with E-state index in [4.69, 9.17) is 10.4 Å². The van der Waals surface area contributed by atoms with Crippen LogP contribution in [0.15, 0.2) is 0 Å². The highest BCUT2D eigenvalue weighted by atomic mass is 16.3. The van der Waals surface area contributed by atoms with Crippen molar-refractivity contribution < 1.29 is 10.2 Å². The summed E-state index contributed by atoms with van der Waals surface area (Å²) in [5, 5.41) is 27.5. The van der Waals surface area contributed by atoms with E-state index < -0.39 is 0 Å². The van der Waals surface area contributed by atoms with Crippen LogP contribution in [-0.2, 0) is 0 Å². The summed E-state index contributed by atoms with van der Waals surface area (Å²) < 4.78 is 0. The zero-order chi connectivity index (χ0) is 10.6. The Morgan fingerprint density at radius 2 is 2.36 bits per heavy atom. The van der Waals surface area contributed by atoms with E-state index in [1.54, 1.807) is 0 Å². The van der Waals surface area contributed by atoms with Gasteiger partial charge in [0.2, 0.25) is 0 Å². The summed E-state index contributed by atoms with van der Waals surface area (Å²) in [4.78, 5) is 1.92. The lowest BCUT2D eigenvalue weighted by Crippen LogP contribution is -2.40. The van der Waals surface area contributed by atoms with E-state index in [9.17, 15) is 5.11 Å². The Balaban J connectivity index is 2.60. The van der Waals surface area contributed by atoms with Gasteiger partial charge in [0.25, 0.3) is 0 Å². The van der Waals surface area contributed by atoms with E-state index in [2.05, 4.69) is 6.07 Å². The minimum Gasteiger partial charge on any atom is -0.395 e. The summed E-state index contributed by atoms with van der Waals surface area (Å²) >= 11 is 0. The number of likely N-dealkylation sites (tertiary alicyclic amines) is 1. The van der Waals surface area contributed by atoms with Gasteiger partial charge in [-0.25, -0.2) is 0 Å². The second-order valence-electron chi connectivity index (χ2n) is 3.86. The van der Waals surface area contributed by atoms with Crippen molar-refractivity contribution in [2.75, 3.05) is 13.2 Å². The third kappa shape index (κ3) is 2.44. The van der Waals surface area contributed by atoms with Crippen LogP contribution in [0.2, 0.25) is 0 Å². The number of nitrogens with zero attached hydrogens (tertiary/aromatic N) is 2. The Morgan fingerprint density at radius 3 is 2.86 bits per heavy atom. The fourth-order valence-electron chi connectivity index (χ4n) is 2.06. The van der Waals surface area contributed by atoms with E-state index >= 15 is 0 Å². The largest absolute Gasteiger partial charge is 0.395 e. The van der Waals surface area contributed by atoms with Crippen LogP contribution >= 0.6 is 0 Å². The normalized spacial score (nSPS) is 30.1. The molecule has 1 fully saturated rings. The average molecular weight is 198 g/mol. The highest BCUT2D eigenvalue weighted by Gasteiger charge is 2.34. The van der Waals surface area contributed by atoms with E-state index in [0.29, 0.717) is 13.0 Å². The lowest BCUT2D eigenvalue weighted by atomic mass is 10.1. The van der Waals surface area contributed by atoms with Crippen LogP contribution in [0.3, 0.4) is 0 Å². The predicted molar refractivity (Wildman–Crippen MR) is 52.5 cm³/mol. The number of nitriles is 1. The maximum atomic E-state index is 9.45. The van der Waals surface area contributed by atoms with Crippen LogP contribution in [0, 0.1) is 11.3 Å².